The molecule has 0 saturated carbocycles. The third-order valence-electron chi connectivity index (χ3n) is 6.27. The zero-order valence-electron chi connectivity index (χ0n) is 17.2. The fourth-order valence-corrected chi connectivity index (χ4v) is 4.90. The van der Waals surface area contributed by atoms with Crippen molar-refractivity contribution in [1.82, 2.24) is 4.90 Å². The molecule has 7 nitrogen and oxygen atoms in total. The van der Waals surface area contributed by atoms with Crippen LogP contribution in [0.1, 0.15) is 37.2 Å². The maximum atomic E-state index is 13.9. The number of benzene rings is 1. The molecule has 0 radical (unpaired) electrons. The van der Waals surface area contributed by atoms with E-state index in [1.807, 2.05) is 0 Å². The van der Waals surface area contributed by atoms with Crippen molar-refractivity contribution >= 4 is 0 Å². The van der Waals surface area contributed by atoms with Gasteiger partial charge in [-0.2, -0.15) is 13.2 Å². The van der Waals surface area contributed by atoms with E-state index >= 15 is 0 Å². The number of nitro groups is 1. The second-order valence-electron chi connectivity index (χ2n) is 8.02. The van der Waals surface area contributed by atoms with Crippen LogP contribution in [0.5, 0.6) is 11.5 Å². The highest BCUT2D eigenvalue weighted by Crippen LogP contribution is 2.50. The minimum Gasteiger partial charge on any atom is -0.497 e. The first-order valence-corrected chi connectivity index (χ1v) is 10.4. The van der Waals surface area contributed by atoms with Crippen molar-refractivity contribution < 1.29 is 32.3 Å². The lowest BCUT2D eigenvalue weighted by Crippen LogP contribution is -2.54. The van der Waals surface area contributed by atoms with Crippen LogP contribution in [0.4, 0.5) is 13.2 Å². The average Bonchev–Trinajstić information content (AvgIpc) is 2.77. The van der Waals surface area contributed by atoms with Gasteiger partial charge in [-0.05, 0) is 49.5 Å². The van der Waals surface area contributed by atoms with Crippen LogP contribution in [0, 0.1) is 10.1 Å². The Kier molecular flexibility index (Phi) is 6.00. The van der Waals surface area contributed by atoms with Crippen molar-refractivity contribution in [2.75, 3.05) is 33.4 Å². The van der Waals surface area contributed by atoms with E-state index in [4.69, 9.17) is 14.2 Å². The van der Waals surface area contributed by atoms with Gasteiger partial charge in [-0.1, -0.05) is 0 Å². The third kappa shape index (κ3) is 4.17. The molecule has 0 N–H and O–H groups in total. The minimum absolute atomic E-state index is 0.0191. The molecule has 1 fully saturated rings. The second-order valence-corrected chi connectivity index (χ2v) is 8.02. The molecule has 0 spiro atoms. The Hall–Kier alpha value is -2.49. The van der Waals surface area contributed by atoms with Crippen LogP contribution in [0.2, 0.25) is 0 Å². The first-order valence-electron chi connectivity index (χ1n) is 10.4. The van der Waals surface area contributed by atoms with Crippen molar-refractivity contribution in [3.63, 3.8) is 0 Å². The van der Waals surface area contributed by atoms with Crippen LogP contribution in [-0.2, 0) is 4.74 Å². The molecule has 0 unspecified atom stereocenters. The summed E-state index contributed by atoms with van der Waals surface area (Å²) < 4.78 is 57.5. The number of allylic oxidation sites excluding steroid dienone is 1. The van der Waals surface area contributed by atoms with E-state index in [0.717, 1.165) is 18.5 Å². The number of methoxy groups -OCH3 is 1. The van der Waals surface area contributed by atoms with Crippen LogP contribution in [0.3, 0.4) is 0 Å². The van der Waals surface area contributed by atoms with Crippen LogP contribution in [-0.4, -0.2) is 61.6 Å². The van der Waals surface area contributed by atoms with Gasteiger partial charge in [0.05, 0.1) is 26.2 Å². The van der Waals surface area contributed by atoms with Gasteiger partial charge in [-0.3, -0.25) is 10.1 Å². The highest BCUT2D eigenvalue weighted by molar-refractivity contribution is 5.49. The Morgan fingerprint density at radius 1 is 1.19 bits per heavy atom. The molecular weight excluding hydrogens is 417 g/mol. The van der Waals surface area contributed by atoms with Crippen LogP contribution in [0.15, 0.2) is 29.5 Å². The van der Waals surface area contributed by atoms with Crippen molar-refractivity contribution in [1.29, 1.82) is 0 Å². The highest BCUT2D eigenvalue weighted by Gasteiger charge is 2.60. The summed E-state index contributed by atoms with van der Waals surface area (Å²) in [7, 11) is 1.45. The topological polar surface area (TPSA) is 74.1 Å². The number of morpholine rings is 1. The quantitative estimate of drug-likeness (QED) is 0.520. The fourth-order valence-electron chi connectivity index (χ4n) is 4.90. The molecule has 1 aliphatic carbocycles. The molecule has 3 atom stereocenters. The second kappa shape index (κ2) is 8.57. The van der Waals surface area contributed by atoms with E-state index in [1.54, 1.807) is 6.07 Å². The number of alkyl halides is 3. The normalized spacial score (nSPS) is 26.8. The molecule has 31 heavy (non-hydrogen) atoms. The molecule has 10 heteroatoms. The predicted molar refractivity (Wildman–Crippen MR) is 105 cm³/mol. The van der Waals surface area contributed by atoms with Gasteiger partial charge < -0.3 is 19.1 Å². The van der Waals surface area contributed by atoms with E-state index in [9.17, 15) is 23.3 Å². The van der Waals surface area contributed by atoms with Gasteiger partial charge in [-0.15, -0.1) is 0 Å². The zero-order chi connectivity index (χ0) is 22.2. The number of halogens is 3. The van der Waals surface area contributed by atoms with Gasteiger partial charge in [0.2, 0.25) is 0 Å². The van der Waals surface area contributed by atoms with Crippen LogP contribution < -0.4 is 9.47 Å². The summed E-state index contributed by atoms with van der Waals surface area (Å²) in [4.78, 5) is 13.3. The van der Waals surface area contributed by atoms with E-state index in [-0.39, 0.29) is 5.75 Å². The van der Waals surface area contributed by atoms with Gasteiger partial charge in [-0.25, -0.2) is 0 Å². The van der Waals surface area contributed by atoms with Crippen LogP contribution in [0.25, 0.3) is 0 Å². The highest BCUT2D eigenvalue weighted by atomic mass is 19.4. The first kappa shape index (κ1) is 21.7. The lowest BCUT2D eigenvalue weighted by Gasteiger charge is -2.41. The molecule has 3 aliphatic rings. The number of fused-ring (bicyclic) bond motifs is 1. The molecule has 1 aromatic rings. The summed E-state index contributed by atoms with van der Waals surface area (Å²) in [5.74, 6) is -0.603. The van der Waals surface area contributed by atoms with E-state index in [1.165, 1.54) is 19.2 Å². The summed E-state index contributed by atoms with van der Waals surface area (Å²) >= 11 is 0. The van der Waals surface area contributed by atoms with Gasteiger partial charge in [0.1, 0.15) is 11.5 Å². The molecule has 0 aromatic heterocycles. The lowest BCUT2D eigenvalue weighted by atomic mass is 9.75. The molecular formula is C21H25F3N2O5. The van der Waals surface area contributed by atoms with Crippen molar-refractivity contribution in [2.45, 2.75) is 49.9 Å². The summed E-state index contributed by atoms with van der Waals surface area (Å²) in [6.45, 7) is 2.30. The van der Waals surface area contributed by atoms with Gasteiger partial charge in [0.15, 0.2) is 0 Å². The van der Waals surface area contributed by atoms with Crippen molar-refractivity contribution in [3.8, 4) is 11.5 Å². The number of hydrogen-bond donors (Lipinski definition) is 0. The summed E-state index contributed by atoms with van der Waals surface area (Å²) in [5, 5.41) is 12.0. The fraction of sp³-hybridized carbons (Fsp3) is 0.619. The number of ether oxygens (including phenoxy) is 3. The summed E-state index contributed by atoms with van der Waals surface area (Å²) in [6, 6.07) is 2.52. The zero-order valence-corrected chi connectivity index (χ0v) is 17.2. The maximum Gasteiger partial charge on any atom is 0.432 e. The van der Waals surface area contributed by atoms with E-state index in [2.05, 4.69) is 4.90 Å². The van der Waals surface area contributed by atoms with Crippen molar-refractivity contribution in [2.24, 2.45) is 0 Å². The molecule has 170 valence electrons. The van der Waals surface area contributed by atoms with Gasteiger partial charge >= 0.3 is 6.18 Å². The van der Waals surface area contributed by atoms with Gasteiger partial charge in [0.25, 0.3) is 12.1 Å². The Balaban J connectivity index is 1.90. The molecule has 0 bridgehead atoms. The maximum absolute atomic E-state index is 13.9. The van der Waals surface area contributed by atoms with Crippen LogP contribution >= 0.6 is 0 Å². The molecule has 1 saturated heterocycles. The van der Waals surface area contributed by atoms with E-state index < -0.39 is 29.2 Å². The predicted octanol–water partition coefficient (Wildman–Crippen LogP) is 3.91. The monoisotopic (exact) mass is 442 g/mol. The standard InChI is InChI=1S/C21H25F3N2O5/c1-29-13-6-7-17-15(12-13)18(19(26(27)28)20(31-17)21(22,23)24)14-4-2-3-5-16(14)25-8-10-30-11-9-25/h6-7,12,18-20H,2-5,8-11H2,1H3/t18-,19-,20+/m0/s1. The largest absolute Gasteiger partial charge is 0.497 e. The molecule has 4 rings (SSSR count). The Labute approximate surface area is 177 Å². The number of nitrogens with zero attached hydrogens (tertiary/aromatic N) is 2. The number of hydrogen-bond acceptors (Lipinski definition) is 6. The number of rotatable bonds is 4. The molecule has 2 heterocycles. The van der Waals surface area contributed by atoms with Gasteiger partial charge in [0, 0.05) is 29.3 Å². The summed E-state index contributed by atoms with van der Waals surface area (Å²) in [6.07, 6.45) is -4.51. The lowest BCUT2D eigenvalue weighted by molar-refractivity contribution is -0.547. The SMILES string of the molecule is COc1ccc2c(c1)[C@H](C1=C(N3CCOCC3)CCCC1)[C@H]([N+](=O)[O-])[C@H](C(F)(F)F)O2. The third-order valence-corrected chi connectivity index (χ3v) is 6.27. The Bertz CT molecular complexity index is 867. The smallest absolute Gasteiger partial charge is 0.432 e. The average molecular weight is 442 g/mol. The van der Waals surface area contributed by atoms with Crippen molar-refractivity contribution in [3.05, 3.63) is 45.1 Å². The first-order chi connectivity index (χ1) is 14.8. The summed E-state index contributed by atoms with van der Waals surface area (Å²) in [5.41, 5.74) is 2.01. The molecule has 2 aliphatic heterocycles. The Morgan fingerprint density at radius 2 is 1.90 bits per heavy atom. The Morgan fingerprint density at radius 3 is 2.55 bits per heavy atom. The molecule has 0 amide bonds. The molecule has 1 aromatic carbocycles. The minimum atomic E-state index is -4.87. The van der Waals surface area contributed by atoms with E-state index in [0.29, 0.717) is 56.0 Å².